The van der Waals surface area contributed by atoms with Crippen molar-refractivity contribution >= 4 is 23.2 Å². The topological polar surface area (TPSA) is 104 Å². The van der Waals surface area contributed by atoms with Crippen molar-refractivity contribution in [1.82, 2.24) is 15.1 Å². The highest BCUT2D eigenvalue weighted by molar-refractivity contribution is 7.13. The second-order valence-corrected chi connectivity index (χ2v) is 6.52. The normalized spacial score (nSPS) is 13.3. The number of ether oxygens (including phenoxy) is 3. The van der Waals surface area contributed by atoms with Crippen LogP contribution in [-0.2, 0) is 30.3 Å². The molecule has 144 valence electrons. The number of aromatic nitrogens is 2. The van der Waals surface area contributed by atoms with Crippen LogP contribution in [0.3, 0.4) is 0 Å². The average molecular weight is 393 g/mol. The lowest BCUT2D eigenvalue weighted by atomic mass is 10.4. The van der Waals surface area contributed by atoms with Crippen LogP contribution in [0.25, 0.3) is 10.8 Å². The predicted molar refractivity (Wildman–Crippen MR) is 94.3 cm³/mol. The second-order valence-electron chi connectivity index (χ2n) is 5.57. The van der Waals surface area contributed by atoms with Crippen molar-refractivity contribution in [2.45, 2.75) is 19.9 Å². The van der Waals surface area contributed by atoms with E-state index in [0.29, 0.717) is 24.9 Å². The van der Waals surface area contributed by atoms with Gasteiger partial charge in [-0.25, -0.2) is 4.79 Å². The van der Waals surface area contributed by atoms with E-state index < -0.39 is 12.6 Å². The van der Waals surface area contributed by atoms with Crippen molar-refractivity contribution in [3.05, 3.63) is 35.4 Å². The molecule has 0 bridgehead atoms. The zero-order chi connectivity index (χ0) is 19.1. The van der Waals surface area contributed by atoms with Gasteiger partial charge in [-0.15, -0.1) is 21.5 Å². The molecule has 0 saturated carbocycles. The van der Waals surface area contributed by atoms with Crippen LogP contribution in [0, 0.1) is 0 Å². The molecule has 0 N–H and O–H groups in total. The molecule has 0 radical (unpaired) electrons. The molecule has 1 amide bonds. The van der Waals surface area contributed by atoms with Crippen molar-refractivity contribution in [2.24, 2.45) is 0 Å². The van der Waals surface area contributed by atoms with Crippen molar-refractivity contribution in [2.75, 3.05) is 26.4 Å². The summed E-state index contributed by atoms with van der Waals surface area (Å²) < 4.78 is 20.7. The van der Waals surface area contributed by atoms with Gasteiger partial charge >= 0.3 is 5.97 Å². The highest BCUT2D eigenvalue weighted by Gasteiger charge is 2.22. The lowest BCUT2D eigenvalue weighted by Crippen LogP contribution is -2.35. The first kappa shape index (κ1) is 18.9. The standard InChI is InChI=1S/C17H19N3O6S/c1-2-5-20(9-14-18-19-16(26-14)13-4-3-8-27-13)15(21)11-25-17(22)12-10-23-6-7-24-12/h3-4,8,10H,2,5-7,9,11H2,1H3. The Morgan fingerprint density at radius 3 is 2.93 bits per heavy atom. The Morgan fingerprint density at radius 1 is 1.33 bits per heavy atom. The van der Waals surface area contributed by atoms with E-state index in [2.05, 4.69) is 10.2 Å². The molecule has 1 aliphatic heterocycles. The van der Waals surface area contributed by atoms with Crippen LogP contribution < -0.4 is 0 Å². The Hall–Kier alpha value is -2.88. The number of carbonyl (C=O) groups excluding carboxylic acids is 2. The Kier molecular flexibility index (Phi) is 6.42. The summed E-state index contributed by atoms with van der Waals surface area (Å²) in [5, 5.41) is 9.90. The largest absolute Gasteiger partial charge is 0.493 e. The number of nitrogens with zero attached hydrogens (tertiary/aromatic N) is 3. The summed E-state index contributed by atoms with van der Waals surface area (Å²) >= 11 is 1.49. The number of amides is 1. The van der Waals surface area contributed by atoms with E-state index in [9.17, 15) is 9.59 Å². The maximum Gasteiger partial charge on any atom is 0.377 e. The van der Waals surface area contributed by atoms with Gasteiger partial charge in [0, 0.05) is 6.54 Å². The summed E-state index contributed by atoms with van der Waals surface area (Å²) in [6.45, 7) is 2.78. The molecule has 0 unspecified atom stereocenters. The summed E-state index contributed by atoms with van der Waals surface area (Å²) in [5.41, 5.74) is 0. The molecule has 2 aromatic heterocycles. The third-order valence-electron chi connectivity index (χ3n) is 3.55. The maximum atomic E-state index is 12.4. The minimum absolute atomic E-state index is 0.0476. The molecular weight excluding hydrogens is 374 g/mol. The van der Waals surface area contributed by atoms with E-state index in [-0.39, 0.29) is 24.8 Å². The molecule has 0 fully saturated rings. The van der Waals surface area contributed by atoms with Crippen LogP contribution in [0.4, 0.5) is 0 Å². The zero-order valence-corrected chi connectivity index (χ0v) is 15.6. The first-order valence-corrected chi connectivity index (χ1v) is 9.31. The number of esters is 1. The fourth-order valence-electron chi connectivity index (χ4n) is 2.31. The van der Waals surface area contributed by atoms with Gasteiger partial charge < -0.3 is 23.5 Å². The van der Waals surface area contributed by atoms with Gasteiger partial charge in [-0.05, 0) is 17.9 Å². The lowest BCUT2D eigenvalue weighted by Gasteiger charge is -2.20. The van der Waals surface area contributed by atoms with Crippen LogP contribution in [0.15, 0.2) is 34.0 Å². The molecule has 2 aromatic rings. The predicted octanol–water partition coefficient (Wildman–Crippen LogP) is 1.97. The smallest absolute Gasteiger partial charge is 0.377 e. The average Bonchev–Trinajstić information content (AvgIpc) is 3.38. The summed E-state index contributed by atoms with van der Waals surface area (Å²) in [5.74, 6) is -0.417. The second kappa shape index (κ2) is 9.17. The fourth-order valence-corrected chi connectivity index (χ4v) is 2.95. The summed E-state index contributed by atoms with van der Waals surface area (Å²) in [6.07, 6.45) is 1.92. The Bertz CT molecular complexity index is 801. The SMILES string of the molecule is CCCN(Cc1nnc(-c2cccs2)o1)C(=O)COC(=O)C1=COCCO1. The molecule has 0 spiro atoms. The first-order chi connectivity index (χ1) is 13.2. The minimum atomic E-state index is -0.739. The highest BCUT2D eigenvalue weighted by Crippen LogP contribution is 2.23. The number of rotatable bonds is 8. The molecule has 0 aliphatic carbocycles. The summed E-state index contributed by atoms with van der Waals surface area (Å²) in [6, 6.07) is 3.77. The van der Waals surface area contributed by atoms with Gasteiger partial charge in [0.1, 0.15) is 19.5 Å². The molecule has 0 saturated heterocycles. The lowest BCUT2D eigenvalue weighted by molar-refractivity contribution is -0.153. The molecule has 27 heavy (non-hydrogen) atoms. The quantitative estimate of drug-likeness (QED) is 0.627. The monoisotopic (exact) mass is 393 g/mol. The van der Waals surface area contributed by atoms with Crippen molar-refractivity contribution in [3.8, 4) is 10.8 Å². The molecule has 1 aliphatic rings. The van der Waals surface area contributed by atoms with Gasteiger partial charge in [-0.1, -0.05) is 13.0 Å². The van der Waals surface area contributed by atoms with Gasteiger partial charge in [-0.3, -0.25) is 4.79 Å². The van der Waals surface area contributed by atoms with E-state index in [0.717, 1.165) is 11.3 Å². The van der Waals surface area contributed by atoms with Crippen LogP contribution >= 0.6 is 11.3 Å². The van der Waals surface area contributed by atoms with Crippen LogP contribution in [0.2, 0.25) is 0 Å². The molecule has 0 aromatic carbocycles. The summed E-state index contributed by atoms with van der Waals surface area (Å²) in [4.78, 5) is 26.7. The Labute approximate surface area is 159 Å². The highest BCUT2D eigenvalue weighted by atomic mass is 32.1. The first-order valence-electron chi connectivity index (χ1n) is 8.43. The summed E-state index contributed by atoms with van der Waals surface area (Å²) in [7, 11) is 0. The van der Waals surface area contributed by atoms with Gasteiger partial charge in [0.05, 0.1) is 11.4 Å². The van der Waals surface area contributed by atoms with Gasteiger partial charge in [0.25, 0.3) is 11.8 Å². The van der Waals surface area contributed by atoms with Gasteiger partial charge in [-0.2, -0.15) is 0 Å². The maximum absolute atomic E-state index is 12.4. The van der Waals surface area contributed by atoms with Crippen molar-refractivity contribution in [3.63, 3.8) is 0 Å². The molecule has 0 atom stereocenters. The molecule has 3 rings (SSSR count). The molecule has 10 heteroatoms. The molecule has 9 nitrogen and oxygen atoms in total. The van der Waals surface area contributed by atoms with Crippen molar-refractivity contribution < 1.29 is 28.2 Å². The third kappa shape index (κ3) is 5.07. The van der Waals surface area contributed by atoms with E-state index in [1.165, 1.54) is 22.5 Å². The van der Waals surface area contributed by atoms with E-state index in [1.54, 1.807) is 0 Å². The van der Waals surface area contributed by atoms with E-state index in [1.807, 2.05) is 24.4 Å². The van der Waals surface area contributed by atoms with Crippen LogP contribution in [0.1, 0.15) is 19.2 Å². The number of thiophene rings is 1. The molecular formula is C17H19N3O6S. The minimum Gasteiger partial charge on any atom is -0.493 e. The Balaban J connectivity index is 1.57. The third-order valence-corrected chi connectivity index (χ3v) is 4.41. The number of carbonyl (C=O) groups is 2. The van der Waals surface area contributed by atoms with Gasteiger partial charge in [0.15, 0.2) is 6.61 Å². The van der Waals surface area contributed by atoms with E-state index >= 15 is 0 Å². The molecule has 3 heterocycles. The van der Waals surface area contributed by atoms with Crippen molar-refractivity contribution in [1.29, 1.82) is 0 Å². The van der Waals surface area contributed by atoms with E-state index in [4.69, 9.17) is 18.6 Å². The fraction of sp³-hybridized carbons (Fsp3) is 0.412. The van der Waals surface area contributed by atoms with Crippen LogP contribution in [0.5, 0.6) is 0 Å². The number of hydrogen-bond acceptors (Lipinski definition) is 9. The van der Waals surface area contributed by atoms with Gasteiger partial charge in [0.2, 0.25) is 11.6 Å². The number of hydrogen-bond donors (Lipinski definition) is 0. The zero-order valence-electron chi connectivity index (χ0n) is 14.8. The van der Waals surface area contributed by atoms with Crippen LogP contribution in [-0.4, -0.2) is 53.3 Å². The Morgan fingerprint density at radius 2 is 2.22 bits per heavy atom.